The number of halogens is 2. The second kappa shape index (κ2) is 9.49. The number of benzene rings is 2. The molecule has 0 aliphatic heterocycles. The van der Waals surface area contributed by atoms with Crippen molar-refractivity contribution in [3.05, 3.63) is 85.0 Å². The van der Waals surface area contributed by atoms with Gasteiger partial charge in [0.1, 0.15) is 12.4 Å². The number of ketones is 1. The summed E-state index contributed by atoms with van der Waals surface area (Å²) >= 11 is 14.0. The fourth-order valence-corrected chi connectivity index (χ4v) is 4.36. The Kier molecular flexibility index (Phi) is 7.01. The monoisotopic (exact) mass is 446 g/mol. The van der Waals surface area contributed by atoms with E-state index < -0.39 is 0 Å². The first-order chi connectivity index (χ1) is 13.9. The van der Waals surface area contributed by atoms with E-state index >= 15 is 0 Å². The zero-order chi connectivity index (χ0) is 21.0. The Labute approximate surface area is 184 Å². The minimum atomic E-state index is -0.0108. The van der Waals surface area contributed by atoms with Crippen LogP contribution in [0.2, 0.25) is 10.0 Å². The van der Waals surface area contributed by atoms with E-state index in [1.807, 2.05) is 38.1 Å². The summed E-state index contributed by atoms with van der Waals surface area (Å²) < 4.78 is 11.3. The molecule has 6 heteroatoms. The number of ether oxygens (including phenoxy) is 2. The van der Waals surface area contributed by atoms with Crippen molar-refractivity contribution in [3.63, 3.8) is 0 Å². The van der Waals surface area contributed by atoms with E-state index in [4.69, 9.17) is 32.7 Å². The molecule has 0 aliphatic rings. The average molecular weight is 447 g/mol. The summed E-state index contributed by atoms with van der Waals surface area (Å²) in [5.74, 6) is 1.10. The summed E-state index contributed by atoms with van der Waals surface area (Å²) in [5, 5.41) is 0.888. The molecule has 0 unspecified atom stereocenters. The number of hydrogen-bond acceptors (Lipinski definition) is 4. The van der Waals surface area contributed by atoms with E-state index in [0.29, 0.717) is 21.5 Å². The van der Waals surface area contributed by atoms with Gasteiger partial charge in [-0.2, -0.15) is 0 Å². The van der Waals surface area contributed by atoms with Crippen LogP contribution in [-0.4, -0.2) is 12.9 Å². The number of carbonyl (C=O) groups excluding carboxylic acids is 1. The third kappa shape index (κ3) is 5.21. The second-order valence-electron chi connectivity index (χ2n) is 6.44. The largest absolute Gasteiger partial charge is 0.496 e. The third-order valence-corrected chi connectivity index (χ3v) is 5.89. The molecule has 29 heavy (non-hydrogen) atoms. The summed E-state index contributed by atoms with van der Waals surface area (Å²) in [6.45, 7) is 4.19. The van der Waals surface area contributed by atoms with E-state index in [1.165, 1.54) is 0 Å². The molecule has 3 nitrogen and oxygen atoms in total. The summed E-state index contributed by atoms with van der Waals surface area (Å²) in [7, 11) is 1.60. The molecule has 0 bridgehead atoms. The second-order valence-corrected chi connectivity index (χ2v) is 8.71. The van der Waals surface area contributed by atoms with Crippen LogP contribution in [0.3, 0.4) is 0 Å². The van der Waals surface area contributed by atoms with Crippen molar-refractivity contribution in [3.8, 4) is 11.5 Å². The maximum absolute atomic E-state index is 12.5. The first-order valence-corrected chi connectivity index (χ1v) is 10.5. The number of hydrogen-bond donors (Lipinski definition) is 0. The van der Waals surface area contributed by atoms with Gasteiger partial charge in [-0.15, -0.1) is 11.3 Å². The molecule has 3 rings (SSSR count). The molecule has 2 aromatic carbocycles. The van der Waals surface area contributed by atoms with E-state index in [2.05, 4.69) is 0 Å². The first kappa shape index (κ1) is 21.4. The highest BCUT2D eigenvalue weighted by Crippen LogP contribution is 2.34. The highest BCUT2D eigenvalue weighted by Gasteiger charge is 2.11. The predicted octanol–water partition coefficient (Wildman–Crippen LogP) is 7.16. The molecule has 0 aliphatic carbocycles. The van der Waals surface area contributed by atoms with Gasteiger partial charge in [-0.1, -0.05) is 41.4 Å². The smallest absolute Gasteiger partial charge is 0.186 e. The van der Waals surface area contributed by atoms with Gasteiger partial charge in [0.15, 0.2) is 11.5 Å². The van der Waals surface area contributed by atoms with Gasteiger partial charge in [0.2, 0.25) is 0 Å². The van der Waals surface area contributed by atoms with Gasteiger partial charge in [0.05, 0.1) is 17.2 Å². The lowest BCUT2D eigenvalue weighted by Crippen LogP contribution is -2.00. The molecular weight excluding hydrogens is 427 g/mol. The van der Waals surface area contributed by atoms with Crippen molar-refractivity contribution in [1.82, 2.24) is 0 Å². The van der Waals surface area contributed by atoms with Crippen LogP contribution in [0.15, 0.2) is 48.5 Å². The molecule has 3 aromatic rings. The SMILES string of the molecule is COc1ccc(/C=C/C(=O)c2cc(C)sc2C)cc1COc1c(Cl)cccc1Cl. The number of allylic oxidation sites excluding steroid dienone is 1. The Morgan fingerprint density at radius 1 is 1.10 bits per heavy atom. The average Bonchev–Trinajstić information content (AvgIpc) is 3.04. The zero-order valence-corrected chi connectivity index (χ0v) is 18.6. The Balaban J connectivity index is 1.79. The molecule has 0 spiro atoms. The molecule has 0 saturated carbocycles. The summed E-state index contributed by atoms with van der Waals surface area (Å²) in [5.41, 5.74) is 2.43. The number of methoxy groups -OCH3 is 1. The van der Waals surface area contributed by atoms with Gasteiger partial charge in [-0.05, 0) is 55.8 Å². The third-order valence-electron chi connectivity index (χ3n) is 4.33. The lowest BCUT2D eigenvalue weighted by molar-refractivity contribution is 0.104. The number of para-hydroxylation sites is 1. The maximum Gasteiger partial charge on any atom is 0.186 e. The van der Waals surface area contributed by atoms with Crippen molar-refractivity contribution in [2.45, 2.75) is 20.5 Å². The van der Waals surface area contributed by atoms with Crippen LogP contribution in [-0.2, 0) is 6.61 Å². The van der Waals surface area contributed by atoms with E-state index in [9.17, 15) is 4.79 Å². The molecule has 1 aromatic heterocycles. The molecule has 0 atom stereocenters. The van der Waals surface area contributed by atoms with Gasteiger partial charge >= 0.3 is 0 Å². The maximum atomic E-state index is 12.5. The standard InChI is InChI=1S/C23H20Cl2O3S/c1-14-11-18(15(2)29-14)21(26)9-7-16-8-10-22(27-3)17(12-16)13-28-23-19(24)5-4-6-20(23)25/h4-12H,13H2,1-3H3/b9-7+. The zero-order valence-electron chi connectivity index (χ0n) is 16.3. The predicted molar refractivity (Wildman–Crippen MR) is 121 cm³/mol. The van der Waals surface area contributed by atoms with Crippen molar-refractivity contribution in [1.29, 1.82) is 0 Å². The highest BCUT2D eigenvalue weighted by molar-refractivity contribution is 7.12. The lowest BCUT2D eigenvalue weighted by Gasteiger charge is -2.13. The van der Waals surface area contributed by atoms with Crippen LogP contribution in [0, 0.1) is 13.8 Å². The van der Waals surface area contributed by atoms with Gasteiger partial charge < -0.3 is 9.47 Å². The summed E-state index contributed by atoms with van der Waals surface area (Å²) in [6, 6.07) is 12.8. The number of carbonyl (C=O) groups is 1. The lowest BCUT2D eigenvalue weighted by atomic mass is 10.1. The summed E-state index contributed by atoms with van der Waals surface area (Å²) in [6.07, 6.45) is 3.38. The molecule has 0 N–H and O–H groups in total. The molecule has 0 radical (unpaired) electrons. The van der Waals surface area contributed by atoms with E-state index in [0.717, 1.165) is 26.4 Å². The first-order valence-electron chi connectivity index (χ1n) is 8.92. The Morgan fingerprint density at radius 3 is 2.45 bits per heavy atom. The van der Waals surface area contributed by atoms with Gasteiger partial charge in [0.25, 0.3) is 0 Å². The number of thiophene rings is 1. The minimum absolute atomic E-state index is 0.0108. The Morgan fingerprint density at radius 2 is 1.83 bits per heavy atom. The molecule has 150 valence electrons. The van der Waals surface area contributed by atoms with Crippen molar-refractivity contribution in [2.24, 2.45) is 0 Å². The normalized spacial score (nSPS) is 11.1. The van der Waals surface area contributed by atoms with Crippen LogP contribution < -0.4 is 9.47 Å². The van der Waals surface area contributed by atoms with Gasteiger partial charge in [0, 0.05) is 20.9 Å². The Bertz CT molecular complexity index is 1050. The van der Waals surface area contributed by atoms with Crippen LogP contribution in [0.4, 0.5) is 0 Å². The van der Waals surface area contributed by atoms with Crippen LogP contribution in [0.1, 0.15) is 31.2 Å². The fraction of sp³-hybridized carbons (Fsp3) is 0.174. The molecule has 0 amide bonds. The van der Waals surface area contributed by atoms with Gasteiger partial charge in [-0.25, -0.2) is 0 Å². The van der Waals surface area contributed by atoms with E-state index in [1.54, 1.807) is 48.8 Å². The van der Waals surface area contributed by atoms with Crippen LogP contribution in [0.5, 0.6) is 11.5 Å². The van der Waals surface area contributed by atoms with Gasteiger partial charge in [-0.3, -0.25) is 4.79 Å². The van der Waals surface area contributed by atoms with Crippen molar-refractivity contribution < 1.29 is 14.3 Å². The van der Waals surface area contributed by atoms with E-state index in [-0.39, 0.29) is 12.4 Å². The molecular formula is C23H20Cl2O3S. The quantitative estimate of drug-likeness (QED) is 0.285. The molecule has 0 saturated heterocycles. The minimum Gasteiger partial charge on any atom is -0.496 e. The van der Waals surface area contributed by atoms with Crippen molar-refractivity contribution >= 4 is 46.4 Å². The molecule has 0 fully saturated rings. The fourth-order valence-electron chi connectivity index (χ4n) is 2.92. The summed E-state index contributed by atoms with van der Waals surface area (Å²) in [4.78, 5) is 14.6. The molecule has 1 heterocycles. The number of aryl methyl sites for hydroxylation is 2. The number of rotatable bonds is 7. The topological polar surface area (TPSA) is 35.5 Å². The Hall–Kier alpha value is -2.27. The van der Waals surface area contributed by atoms with Crippen LogP contribution >= 0.6 is 34.5 Å². The van der Waals surface area contributed by atoms with Crippen molar-refractivity contribution in [2.75, 3.05) is 7.11 Å². The van der Waals surface area contributed by atoms with Crippen LogP contribution in [0.25, 0.3) is 6.08 Å². The highest BCUT2D eigenvalue weighted by atomic mass is 35.5.